The number of para-hydroxylation sites is 2. The number of benzene rings is 3. The number of fused-ring (bicyclic) bond motifs is 1. The Hall–Kier alpha value is -3.88. The molecule has 0 saturated carbocycles. The Balaban J connectivity index is 1.18. The molecule has 2 amide bonds. The number of H-pyrrole nitrogens is 1. The van der Waals surface area contributed by atoms with E-state index in [1.807, 2.05) is 53.4 Å². The summed E-state index contributed by atoms with van der Waals surface area (Å²) in [7, 11) is 0. The van der Waals surface area contributed by atoms with Crippen LogP contribution >= 0.6 is 23.2 Å². The van der Waals surface area contributed by atoms with Crippen LogP contribution in [0.1, 0.15) is 50.9 Å². The predicted octanol–water partition coefficient (Wildman–Crippen LogP) is 5.32. The largest absolute Gasteiger partial charge is 0.480 e. The first-order chi connectivity index (χ1) is 18.8. The Bertz CT molecular complexity index is 1470. The molecule has 8 nitrogen and oxygen atoms in total. The normalized spacial score (nSPS) is 14.8. The summed E-state index contributed by atoms with van der Waals surface area (Å²) < 4.78 is 0. The molecule has 1 saturated heterocycles. The van der Waals surface area contributed by atoms with Crippen molar-refractivity contribution in [2.45, 2.75) is 31.2 Å². The number of carbonyl (C=O) groups is 3. The molecule has 0 unspecified atom stereocenters. The third kappa shape index (κ3) is 5.92. The number of nitrogens with one attached hydrogen (secondary N) is 2. The van der Waals surface area contributed by atoms with Gasteiger partial charge in [0, 0.05) is 19.5 Å². The number of aromatic amines is 1. The molecule has 1 aliphatic heterocycles. The number of hydrogen-bond acceptors (Lipinski definition) is 4. The molecule has 0 radical (unpaired) electrons. The van der Waals surface area contributed by atoms with Crippen molar-refractivity contribution >= 4 is 52.0 Å². The van der Waals surface area contributed by atoms with E-state index < -0.39 is 17.9 Å². The second kappa shape index (κ2) is 11.5. The highest BCUT2D eigenvalue weighted by molar-refractivity contribution is 6.39. The molecule has 3 N–H and O–H groups in total. The van der Waals surface area contributed by atoms with Gasteiger partial charge in [-0.05, 0) is 54.2 Å². The molecule has 1 aromatic heterocycles. The number of aliphatic carboxylic acids is 1. The first-order valence-electron chi connectivity index (χ1n) is 12.6. The maximum Gasteiger partial charge on any atom is 0.326 e. The summed E-state index contributed by atoms with van der Waals surface area (Å²) in [5.74, 6) is -1.25. The van der Waals surface area contributed by atoms with Gasteiger partial charge in [0.05, 0.1) is 26.6 Å². The zero-order valence-corrected chi connectivity index (χ0v) is 22.4. The lowest BCUT2D eigenvalue weighted by Gasteiger charge is -2.31. The Morgan fingerprint density at radius 2 is 1.64 bits per heavy atom. The van der Waals surface area contributed by atoms with Crippen LogP contribution in [0.15, 0.2) is 66.7 Å². The maximum atomic E-state index is 13.0. The molecule has 5 rings (SSSR count). The summed E-state index contributed by atoms with van der Waals surface area (Å²) in [5, 5.41) is 12.5. The van der Waals surface area contributed by atoms with Gasteiger partial charge in [-0.2, -0.15) is 0 Å². The number of hydrogen-bond donors (Lipinski definition) is 3. The van der Waals surface area contributed by atoms with Gasteiger partial charge in [-0.15, -0.1) is 0 Å². The number of piperidine rings is 1. The molecule has 1 fully saturated rings. The van der Waals surface area contributed by atoms with Crippen LogP contribution in [0.4, 0.5) is 0 Å². The number of aromatic nitrogens is 2. The summed E-state index contributed by atoms with van der Waals surface area (Å²) in [5.41, 5.74) is 3.57. The highest BCUT2D eigenvalue weighted by atomic mass is 35.5. The second-order valence-electron chi connectivity index (χ2n) is 9.58. The van der Waals surface area contributed by atoms with E-state index in [9.17, 15) is 19.5 Å². The Morgan fingerprint density at radius 3 is 2.28 bits per heavy atom. The third-order valence-corrected chi connectivity index (χ3v) is 7.69. The molecule has 200 valence electrons. The van der Waals surface area contributed by atoms with Crippen LogP contribution in [0.5, 0.6) is 0 Å². The van der Waals surface area contributed by atoms with Crippen LogP contribution in [0.2, 0.25) is 10.0 Å². The molecular weight excluding hydrogens is 539 g/mol. The quantitative estimate of drug-likeness (QED) is 0.281. The molecule has 0 bridgehead atoms. The number of imidazole rings is 1. The molecule has 0 aliphatic carbocycles. The summed E-state index contributed by atoms with van der Waals surface area (Å²) in [6, 6.07) is 18.8. The van der Waals surface area contributed by atoms with Gasteiger partial charge in [0.25, 0.3) is 11.8 Å². The molecule has 10 heteroatoms. The van der Waals surface area contributed by atoms with Gasteiger partial charge in [-0.25, -0.2) is 9.78 Å². The number of halogens is 2. The average Bonchev–Trinajstić information content (AvgIpc) is 3.37. The first kappa shape index (κ1) is 26.7. The van der Waals surface area contributed by atoms with Crippen molar-refractivity contribution in [3.8, 4) is 0 Å². The number of nitrogens with zero attached hydrogens (tertiary/aromatic N) is 2. The Kier molecular flexibility index (Phi) is 7.86. The standard InChI is InChI=1S/C29H26Cl2N4O4/c30-20-4-3-5-21(31)25(20)27(36)34-24(29(38)39)16-17-8-10-18(11-9-17)19-12-14-35(15-13-19)28(37)26-32-22-6-1-2-7-23(22)33-26/h1-11,19,24H,12-16H2,(H,32,33)(H,34,36)(H,38,39)/t24-/m0/s1. The Morgan fingerprint density at radius 1 is 0.974 bits per heavy atom. The fourth-order valence-corrected chi connectivity index (χ4v) is 5.50. The smallest absolute Gasteiger partial charge is 0.326 e. The van der Waals surface area contributed by atoms with Gasteiger partial charge in [0.15, 0.2) is 5.82 Å². The first-order valence-corrected chi connectivity index (χ1v) is 13.4. The number of carboxylic acid groups (broad SMARTS) is 1. The zero-order chi connectivity index (χ0) is 27.5. The summed E-state index contributed by atoms with van der Waals surface area (Å²) >= 11 is 12.2. The average molecular weight is 565 g/mol. The molecule has 4 aromatic rings. The van der Waals surface area contributed by atoms with E-state index in [2.05, 4.69) is 15.3 Å². The molecule has 1 aliphatic rings. The topological polar surface area (TPSA) is 115 Å². The molecular formula is C29H26Cl2N4O4. The number of carboxylic acids is 1. The van der Waals surface area contributed by atoms with Crippen molar-refractivity contribution < 1.29 is 19.5 Å². The molecule has 1 atom stereocenters. The van der Waals surface area contributed by atoms with E-state index in [-0.39, 0.29) is 33.9 Å². The Labute approximate surface area is 234 Å². The monoisotopic (exact) mass is 564 g/mol. The van der Waals surface area contributed by atoms with Crippen LogP contribution in [-0.2, 0) is 11.2 Å². The van der Waals surface area contributed by atoms with Crippen LogP contribution in [-0.4, -0.2) is 56.9 Å². The van der Waals surface area contributed by atoms with Crippen LogP contribution in [0.3, 0.4) is 0 Å². The molecule has 2 heterocycles. The maximum absolute atomic E-state index is 13.0. The van der Waals surface area contributed by atoms with Crippen molar-refractivity contribution in [2.75, 3.05) is 13.1 Å². The fourth-order valence-electron chi connectivity index (χ4n) is 4.93. The molecule has 3 aromatic carbocycles. The van der Waals surface area contributed by atoms with E-state index in [1.165, 1.54) is 12.1 Å². The van der Waals surface area contributed by atoms with Gasteiger partial charge in [-0.1, -0.05) is 65.7 Å². The van der Waals surface area contributed by atoms with Crippen molar-refractivity contribution in [3.63, 3.8) is 0 Å². The van der Waals surface area contributed by atoms with E-state index in [0.29, 0.717) is 18.9 Å². The highest BCUT2D eigenvalue weighted by Crippen LogP contribution is 2.29. The lowest BCUT2D eigenvalue weighted by molar-refractivity contribution is -0.139. The number of likely N-dealkylation sites (tertiary alicyclic amines) is 1. The predicted molar refractivity (Wildman–Crippen MR) is 149 cm³/mol. The van der Waals surface area contributed by atoms with Crippen LogP contribution in [0.25, 0.3) is 11.0 Å². The minimum absolute atomic E-state index is 0.0487. The van der Waals surface area contributed by atoms with Gasteiger partial charge in [0.1, 0.15) is 6.04 Å². The van der Waals surface area contributed by atoms with Gasteiger partial charge >= 0.3 is 5.97 Å². The van der Waals surface area contributed by atoms with Crippen molar-refractivity contribution in [3.05, 3.63) is 99.3 Å². The lowest BCUT2D eigenvalue weighted by Crippen LogP contribution is -2.42. The van der Waals surface area contributed by atoms with Crippen molar-refractivity contribution in [1.82, 2.24) is 20.2 Å². The second-order valence-corrected chi connectivity index (χ2v) is 10.4. The third-order valence-electron chi connectivity index (χ3n) is 7.06. The van der Waals surface area contributed by atoms with E-state index in [1.54, 1.807) is 6.07 Å². The van der Waals surface area contributed by atoms with Gasteiger partial charge in [0.2, 0.25) is 0 Å². The summed E-state index contributed by atoms with van der Waals surface area (Å²) in [6.45, 7) is 1.25. The van der Waals surface area contributed by atoms with Gasteiger partial charge in [-0.3, -0.25) is 9.59 Å². The molecule has 0 spiro atoms. The van der Waals surface area contributed by atoms with Gasteiger partial charge < -0.3 is 20.3 Å². The van der Waals surface area contributed by atoms with Crippen molar-refractivity contribution in [2.24, 2.45) is 0 Å². The SMILES string of the molecule is O=C(N[C@@H](Cc1ccc(C2CCN(C(=O)c3nc4ccccc4[nH]3)CC2)cc1)C(=O)O)c1c(Cl)cccc1Cl. The minimum atomic E-state index is -1.16. The fraction of sp³-hybridized carbons (Fsp3) is 0.241. The molecule has 39 heavy (non-hydrogen) atoms. The van der Waals surface area contributed by atoms with E-state index >= 15 is 0 Å². The van der Waals surface area contributed by atoms with E-state index in [4.69, 9.17) is 23.2 Å². The summed E-state index contributed by atoms with van der Waals surface area (Å²) in [4.78, 5) is 46.9. The minimum Gasteiger partial charge on any atom is -0.480 e. The lowest BCUT2D eigenvalue weighted by atomic mass is 9.88. The number of carbonyl (C=O) groups excluding carboxylic acids is 2. The van der Waals surface area contributed by atoms with Crippen LogP contribution in [0, 0.1) is 0 Å². The summed E-state index contributed by atoms with van der Waals surface area (Å²) in [6.07, 6.45) is 1.74. The van der Waals surface area contributed by atoms with Crippen LogP contribution < -0.4 is 5.32 Å². The zero-order valence-electron chi connectivity index (χ0n) is 20.9. The number of amides is 2. The number of rotatable bonds is 7. The highest BCUT2D eigenvalue weighted by Gasteiger charge is 2.27. The van der Waals surface area contributed by atoms with Crippen molar-refractivity contribution in [1.29, 1.82) is 0 Å². The van der Waals surface area contributed by atoms with E-state index in [0.717, 1.165) is 35.0 Å².